The molecule has 4 aromatic carbocycles. The van der Waals surface area contributed by atoms with Crippen LogP contribution in [0.2, 0.25) is 0 Å². The number of benzene rings is 4. The summed E-state index contributed by atoms with van der Waals surface area (Å²) >= 11 is 0. The fourth-order valence-corrected chi connectivity index (χ4v) is 5.83. The fraction of sp³-hybridized carbons (Fsp3) is 0.194. The van der Waals surface area contributed by atoms with E-state index in [1.165, 1.54) is 11.1 Å². The predicted molar refractivity (Wildman–Crippen MR) is 147 cm³/mol. The molecule has 2 aliphatic heterocycles. The molecule has 0 aliphatic carbocycles. The highest BCUT2D eigenvalue weighted by molar-refractivity contribution is 6.06. The summed E-state index contributed by atoms with van der Waals surface area (Å²) in [7, 11) is 0. The zero-order valence-electron chi connectivity index (χ0n) is 20.5. The van der Waals surface area contributed by atoms with E-state index in [4.69, 9.17) is 5.53 Å². The quantitative estimate of drug-likeness (QED) is 0.188. The van der Waals surface area contributed by atoms with E-state index in [1.54, 1.807) is 0 Å². The van der Waals surface area contributed by atoms with Crippen molar-refractivity contribution in [2.45, 2.75) is 31.3 Å². The molecule has 1 atom stereocenters. The number of carbonyl (C=O) groups excluding carboxylic acids is 1. The molecule has 6 rings (SSSR count). The number of carbonyl (C=O) groups is 1. The maximum atomic E-state index is 13.6. The second-order valence-electron chi connectivity index (χ2n) is 9.68. The molecule has 37 heavy (non-hydrogen) atoms. The number of para-hydroxylation sites is 2. The van der Waals surface area contributed by atoms with Crippen LogP contribution < -0.4 is 10.2 Å². The van der Waals surface area contributed by atoms with Gasteiger partial charge in [-0.15, -0.1) is 0 Å². The van der Waals surface area contributed by atoms with E-state index in [0.29, 0.717) is 5.56 Å². The largest absolute Gasteiger partial charge is 0.371 e. The lowest BCUT2D eigenvalue weighted by molar-refractivity contribution is 0.0985. The van der Waals surface area contributed by atoms with Crippen molar-refractivity contribution in [2.75, 3.05) is 16.8 Å². The molecule has 2 heterocycles. The standard InChI is InChI=1S/C31H27N5O/c32-35-33-21-25-10-1-4-12-27(25)31(20-24-9-2-5-13-28(24)34-31)26-17-15-23(16-18-26)30(37)36-19-7-11-22-8-3-6-14-29(22)36/h1-6,8-10,12-18,34H,7,11,19-21H2. The molecular formula is C31H27N5O. The van der Waals surface area contributed by atoms with E-state index in [9.17, 15) is 4.79 Å². The van der Waals surface area contributed by atoms with Gasteiger partial charge in [0.1, 0.15) is 0 Å². The van der Waals surface area contributed by atoms with Gasteiger partial charge in [0.05, 0.1) is 12.1 Å². The number of aryl methyl sites for hydroxylation is 1. The van der Waals surface area contributed by atoms with Crippen molar-refractivity contribution in [2.24, 2.45) is 5.11 Å². The van der Waals surface area contributed by atoms with Crippen molar-refractivity contribution in [1.29, 1.82) is 0 Å². The highest BCUT2D eigenvalue weighted by atomic mass is 16.2. The van der Waals surface area contributed by atoms with Gasteiger partial charge < -0.3 is 10.2 Å². The van der Waals surface area contributed by atoms with Gasteiger partial charge in [-0.1, -0.05) is 77.9 Å². The Kier molecular flexibility index (Phi) is 5.87. The van der Waals surface area contributed by atoms with Gasteiger partial charge in [0.25, 0.3) is 5.91 Å². The second kappa shape index (κ2) is 9.49. The molecular weight excluding hydrogens is 458 g/mol. The minimum atomic E-state index is -0.537. The monoisotopic (exact) mass is 485 g/mol. The van der Waals surface area contributed by atoms with Crippen LogP contribution in [-0.4, -0.2) is 12.5 Å². The van der Waals surface area contributed by atoms with E-state index in [-0.39, 0.29) is 12.5 Å². The number of nitrogens with one attached hydrogen (secondary N) is 1. The van der Waals surface area contributed by atoms with E-state index < -0.39 is 5.54 Å². The summed E-state index contributed by atoms with van der Waals surface area (Å²) in [6.07, 6.45) is 2.72. The molecule has 0 saturated carbocycles. The lowest BCUT2D eigenvalue weighted by Gasteiger charge is -2.34. The normalized spacial score (nSPS) is 17.8. The summed E-state index contributed by atoms with van der Waals surface area (Å²) < 4.78 is 0. The summed E-state index contributed by atoms with van der Waals surface area (Å²) in [5.41, 5.74) is 16.8. The highest BCUT2D eigenvalue weighted by Crippen LogP contribution is 2.45. The van der Waals surface area contributed by atoms with Gasteiger partial charge in [-0.05, 0) is 70.5 Å². The molecule has 0 bridgehead atoms. The summed E-state index contributed by atoms with van der Waals surface area (Å²) in [6.45, 7) is 1.00. The first-order chi connectivity index (χ1) is 18.2. The van der Waals surface area contributed by atoms with E-state index in [1.807, 2.05) is 59.5 Å². The zero-order valence-corrected chi connectivity index (χ0v) is 20.5. The molecule has 1 N–H and O–H groups in total. The number of amides is 1. The third-order valence-corrected chi connectivity index (χ3v) is 7.58. The van der Waals surface area contributed by atoms with Crippen molar-refractivity contribution in [3.8, 4) is 0 Å². The van der Waals surface area contributed by atoms with Crippen LogP contribution in [0.4, 0.5) is 11.4 Å². The van der Waals surface area contributed by atoms with E-state index in [2.05, 4.69) is 57.8 Å². The molecule has 182 valence electrons. The average molecular weight is 486 g/mol. The number of azide groups is 1. The van der Waals surface area contributed by atoms with Gasteiger partial charge in [-0.25, -0.2) is 0 Å². The van der Waals surface area contributed by atoms with E-state index >= 15 is 0 Å². The lowest BCUT2D eigenvalue weighted by atomic mass is 9.78. The first-order valence-electron chi connectivity index (χ1n) is 12.7. The van der Waals surface area contributed by atoms with Crippen molar-refractivity contribution in [3.05, 3.63) is 141 Å². The lowest BCUT2D eigenvalue weighted by Crippen LogP contribution is -2.37. The SMILES string of the molecule is [N-]=[N+]=NCc1ccccc1C1(c2ccc(C(=O)N3CCCc4ccccc43)cc2)Cc2ccccc2N1. The smallest absolute Gasteiger partial charge is 0.258 e. The summed E-state index contributed by atoms with van der Waals surface area (Å²) in [5.74, 6) is 0.0270. The van der Waals surface area contributed by atoms with Crippen molar-refractivity contribution < 1.29 is 4.79 Å². The van der Waals surface area contributed by atoms with Gasteiger partial charge in [-0.2, -0.15) is 0 Å². The molecule has 0 spiro atoms. The van der Waals surface area contributed by atoms with Crippen LogP contribution in [-0.2, 0) is 24.9 Å². The van der Waals surface area contributed by atoms with Crippen molar-refractivity contribution in [1.82, 2.24) is 0 Å². The van der Waals surface area contributed by atoms with Crippen molar-refractivity contribution >= 4 is 17.3 Å². The Morgan fingerprint density at radius 3 is 2.46 bits per heavy atom. The third-order valence-electron chi connectivity index (χ3n) is 7.58. The number of fused-ring (bicyclic) bond motifs is 2. The third kappa shape index (κ3) is 4.02. The van der Waals surface area contributed by atoms with Gasteiger partial charge >= 0.3 is 0 Å². The molecule has 6 heteroatoms. The first kappa shape index (κ1) is 22.9. The Bertz CT molecular complexity index is 1500. The Balaban J connectivity index is 1.40. The Hall–Kier alpha value is -4.54. The summed E-state index contributed by atoms with van der Waals surface area (Å²) in [4.78, 5) is 18.5. The summed E-state index contributed by atoms with van der Waals surface area (Å²) in [6, 6.07) is 32.6. The Morgan fingerprint density at radius 2 is 1.65 bits per heavy atom. The number of anilines is 2. The maximum absolute atomic E-state index is 13.6. The van der Waals surface area contributed by atoms with Crippen LogP contribution in [0, 0.1) is 0 Å². The number of hydrogen-bond acceptors (Lipinski definition) is 3. The first-order valence-corrected chi connectivity index (χ1v) is 12.7. The van der Waals surface area contributed by atoms with Gasteiger partial charge in [-0.3, -0.25) is 4.79 Å². The average Bonchev–Trinajstić information content (AvgIpc) is 3.36. The molecule has 0 radical (unpaired) electrons. The molecule has 1 amide bonds. The van der Waals surface area contributed by atoms with Crippen LogP contribution in [0.3, 0.4) is 0 Å². The molecule has 0 saturated heterocycles. The predicted octanol–water partition coefficient (Wildman–Crippen LogP) is 7.00. The molecule has 6 nitrogen and oxygen atoms in total. The Labute approximate surface area is 216 Å². The Morgan fingerprint density at radius 1 is 0.919 bits per heavy atom. The fourth-order valence-electron chi connectivity index (χ4n) is 5.83. The van der Waals surface area contributed by atoms with Crippen molar-refractivity contribution in [3.63, 3.8) is 0 Å². The van der Waals surface area contributed by atoms with Crippen LogP contribution in [0.1, 0.15) is 44.6 Å². The molecule has 2 aliphatic rings. The molecule has 0 aromatic heterocycles. The number of rotatable bonds is 5. The molecule has 1 unspecified atom stereocenters. The topological polar surface area (TPSA) is 81.1 Å². The number of nitrogens with zero attached hydrogens (tertiary/aromatic N) is 4. The minimum absolute atomic E-state index is 0.0270. The van der Waals surface area contributed by atoms with Crippen LogP contribution in [0.25, 0.3) is 10.4 Å². The molecule has 0 fully saturated rings. The highest BCUT2D eigenvalue weighted by Gasteiger charge is 2.41. The molecule has 4 aromatic rings. The zero-order chi connectivity index (χ0) is 25.2. The number of hydrogen-bond donors (Lipinski definition) is 1. The van der Waals surface area contributed by atoms with E-state index in [0.717, 1.165) is 53.9 Å². The van der Waals surface area contributed by atoms with Crippen LogP contribution in [0.5, 0.6) is 0 Å². The van der Waals surface area contributed by atoms with Gasteiger partial charge in [0.2, 0.25) is 0 Å². The summed E-state index contributed by atoms with van der Waals surface area (Å²) in [5, 5.41) is 7.65. The van der Waals surface area contributed by atoms with Gasteiger partial charge in [0, 0.05) is 34.8 Å². The van der Waals surface area contributed by atoms with Crippen LogP contribution in [0.15, 0.2) is 102 Å². The second-order valence-corrected chi connectivity index (χ2v) is 9.68. The van der Waals surface area contributed by atoms with Gasteiger partial charge in [0.15, 0.2) is 0 Å². The maximum Gasteiger partial charge on any atom is 0.258 e. The minimum Gasteiger partial charge on any atom is -0.371 e. The van der Waals surface area contributed by atoms with Crippen LogP contribution >= 0.6 is 0 Å².